The average Bonchev–Trinajstić information content (AvgIpc) is 2.18. The molecule has 1 amide bonds. The first-order valence-corrected chi connectivity index (χ1v) is 3.68. The van der Waals surface area contributed by atoms with Gasteiger partial charge in [0.25, 0.3) is 0 Å². The number of rotatable bonds is 2. The van der Waals surface area contributed by atoms with Crippen LogP contribution in [0.4, 0.5) is 10.6 Å². The summed E-state index contributed by atoms with van der Waals surface area (Å²) in [7, 11) is 1.22. The van der Waals surface area contributed by atoms with Gasteiger partial charge in [-0.05, 0) is 12.1 Å². The van der Waals surface area contributed by atoms with Crippen LogP contribution in [0.25, 0.3) is 0 Å². The number of amides is 1. The summed E-state index contributed by atoms with van der Waals surface area (Å²) in [4.78, 5) is 24.8. The molecule has 0 aliphatic heterocycles. The Bertz CT molecular complexity index is 347. The van der Waals surface area contributed by atoms with Gasteiger partial charge in [-0.25, -0.2) is 14.6 Å². The van der Waals surface area contributed by atoms with Crippen molar-refractivity contribution in [1.29, 1.82) is 0 Å². The summed E-state index contributed by atoms with van der Waals surface area (Å²) in [6, 6.07) is 2.71. The van der Waals surface area contributed by atoms with E-state index in [0.29, 0.717) is 0 Å². The van der Waals surface area contributed by atoms with Gasteiger partial charge in [-0.2, -0.15) is 0 Å². The number of carbonyl (C=O) groups excluding carboxylic acids is 1. The summed E-state index contributed by atoms with van der Waals surface area (Å²) in [6.07, 6.45) is 0.494. The minimum atomic E-state index is -1.07. The Morgan fingerprint density at radius 1 is 1.50 bits per heavy atom. The Kier molecular flexibility index (Phi) is 3.01. The second-order valence-electron chi connectivity index (χ2n) is 2.35. The Morgan fingerprint density at radius 2 is 2.21 bits per heavy atom. The number of hydrogen-bond donors (Lipinski definition) is 2. The first kappa shape index (κ1) is 9.97. The zero-order chi connectivity index (χ0) is 10.6. The molecule has 0 radical (unpaired) electrons. The lowest BCUT2D eigenvalue weighted by molar-refractivity contribution is 0.0696. The normalized spacial score (nSPS) is 9.21. The van der Waals surface area contributed by atoms with Gasteiger partial charge in [0, 0.05) is 6.20 Å². The molecule has 0 saturated carbocycles. The number of carboxylic acid groups (broad SMARTS) is 1. The quantitative estimate of drug-likeness (QED) is 0.735. The lowest BCUT2D eigenvalue weighted by Gasteiger charge is -2.01. The van der Waals surface area contributed by atoms with E-state index in [1.165, 1.54) is 19.2 Å². The van der Waals surface area contributed by atoms with Crippen molar-refractivity contribution < 1.29 is 19.4 Å². The van der Waals surface area contributed by atoms with Crippen molar-refractivity contribution >= 4 is 17.9 Å². The van der Waals surface area contributed by atoms with Crippen molar-refractivity contribution in [3.8, 4) is 0 Å². The molecule has 0 aliphatic carbocycles. The number of nitrogens with zero attached hydrogens (tertiary/aromatic N) is 1. The Hall–Kier alpha value is -2.11. The van der Waals surface area contributed by atoms with E-state index in [1.54, 1.807) is 0 Å². The monoisotopic (exact) mass is 196 g/mol. The highest BCUT2D eigenvalue weighted by Crippen LogP contribution is 2.04. The zero-order valence-electron chi connectivity index (χ0n) is 7.35. The molecule has 2 N–H and O–H groups in total. The van der Waals surface area contributed by atoms with Crippen molar-refractivity contribution in [2.75, 3.05) is 12.4 Å². The maximum absolute atomic E-state index is 10.7. The largest absolute Gasteiger partial charge is 0.478 e. The van der Waals surface area contributed by atoms with Crippen LogP contribution in [0.5, 0.6) is 0 Å². The van der Waals surface area contributed by atoms with Gasteiger partial charge in [-0.3, -0.25) is 5.32 Å². The highest BCUT2D eigenvalue weighted by atomic mass is 16.5. The second kappa shape index (κ2) is 4.22. The molecule has 0 spiro atoms. The van der Waals surface area contributed by atoms with E-state index in [0.717, 1.165) is 6.20 Å². The molecule has 1 aromatic rings. The van der Waals surface area contributed by atoms with Gasteiger partial charge in [0.1, 0.15) is 5.82 Å². The van der Waals surface area contributed by atoms with Crippen LogP contribution in [-0.2, 0) is 4.74 Å². The van der Waals surface area contributed by atoms with Crippen molar-refractivity contribution in [2.24, 2.45) is 0 Å². The number of aromatic carboxylic acids is 1. The number of carboxylic acids is 1. The SMILES string of the molecule is COC(=O)Nc1ccc(C(=O)O)cn1. The Morgan fingerprint density at radius 3 is 2.64 bits per heavy atom. The number of hydrogen-bond acceptors (Lipinski definition) is 4. The van der Waals surface area contributed by atoms with E-state index >= 15 is 0 Å². The van der Waals surface area contributed by atoms with Crippen LogP contribution >= 0.6 is 0 Å². The van der Waals surface area contributed by atoms with Crippen molar-refractivity contribution in [2.45, 2.75) is 0 Å². The van der Waals surface area contributed by atoms with E-state index in [4.69, 9.17) is 5.11 Å². The molecular formula is C8H8N2O4. The molecule has 0 aliphatic rings. The van der Waals surface area contributed by atoms with Crippen LogP contribution in [0.2, 0.25) is 0 Å². The van der Waals surface area contributed by atoms with Gasteiger partial charge in [0.2, 0.25) is 0 Å². The highest BCUT2D eigenvalue weighted by Gasteiger charge is 2.04. The van der Waals surface area contributed by atoms with Gasteiger partial charge < -0.3 is 9.84 Å². The third kappa shape index (κ3) is 2.44. The van der Waals surface area contributed by atoms with E-state index in [2.05, 4.69) is 15.0 Å². The fourth-order valence-electron chi connectivity index (χ4n) is 0.750. The third-order valence-corrected chi connectivity index (χ3v) is 1.43. The van der Waals surface area contributed by atoms with Crippen LogP contribution in [-0.4, -0.2) is 29.3 Å². The van der Waals surface area contributed by atoms with E-state index in [9.17, 15) is 9.59 Å². The number of pyridine rings is 1. The summed E-state index contributed by atoms with van der Waals surface area (Å²) in [5.74, 6) is -0.830. The van der Waals surface area contributed by atoms with Crippen molar-refractivity contribution in [3.05, 3.63) is 23.9 Å². The van der Waals surface area contributed by atoms with Crippen molar-refractivity contribution in [3.63, 3.8) is 0 Å². The molecule has 74 valence electrons. The van der Waals surface area contributed by atoms with Gasteiger partial charge in [-0.1, -0.05) is 0 Å². The predicted octanol–water partition coefficient (Wildman–Crippen LogP) is 0.958. The number of ether oxygens (including phenoxy) is 1. The van der Waals surface area contributed by atoms with Crippen LogP contribution < -0.4 is 5.32 Å². The standard InChI is InChI=1S/C8H8N2O4/c1-14-8(13)10-6-3-2-5(4-9-6)7(11)12/h2-4H,1H3,(H,11,12)(H,9,10,13). The number of methoxy groups -OCH3 is 1. The number of anilines is 1. The molecule has 1 aromatic heterocycles. The van der Waals surface area contributed by atoms with Gasteiger partial charge in [-0.15, -0.1) is 0 Å². The minimum Gasteiger partial charge on any atom is -0.478 e. The Balaban J connectivity index is 2.73. The maximum Gasteiger partial charge on any atom is 0.412 e. The fourth-order valence-corrected chi connectivity index (χ4v) is 0.750. The molecule has 6 nitrogen and oxygen atoms in total. The molecule has 1 rings (SSSR count). The molecule has 0 saturated heterocycles. The van der Waals surface area contributed by atoms with Gasteiger partial charge in [0.05, 0.1) is 12.7 Å². The lowest BCUT2D eigenvalue weighted by Crippen LogP contribution is -2.12. The lowest BCUT2D eigenvalue weighted by atomic mass is 10.3. The van der Waals surface area contributed by atoms with Crippen molar-refractivity contribution in [1.82, 2.24) is 4.98 Å². The van der Waals surface area contributed by atoms with Gasteiger partial charge >= 0.3 is 12.1 Å². The zero-order valence-corrected chi connectivity index (χ0v) is 7.35. The summed E-state index contributed by atoms with van der Waals surface area (Å²) in [5.41, 5.74) is 0.0559. The number of aromatic nitrogens is 1. The van der Waals surface area contributed by atoms with Crippen LogP contribution in [0.15, 0.2) is 18.3 Å². The number of carbonyl (C=O) groups is 2. The summed E-state index contributed by atoms with van der Waals surface area (Å²) in [6.45, 7) is 0. The minimum absolute atomic E-state index is 0.0559. The molecule has 0 aromatic carbocycles. The molecule has 6 heteroatoms. The van der Waals surface area contributed by atoms with Crippen LogP contribution in [0.1, 0.15) is 10.4 Å². The summed E-state index contributed by atoms with van der Waals surface area (Å²) < 4.78 is 4.33. The molecule has 0 fully saturated rings. The predicted molar refractivity (Wildman–Crippen MR) is 47.2 cm³/mol. The fraction of sp³-hybridized carbons (Fsp3) is 0.125. The molecule has 0 atom stereocenters. The maximum atomic E-state index is 10.7. The van der Waals surface area contributed by atoms with E-state index < -0.39 is 12.1 Å². The third-order valence-electron chi connectivity index (χ3n) is 1.43. The molecular weight excluding hydrogens is 188 g/mol. The van der Waals surface area contributed by atoms with E-state index in [1.807, 2.05) is 0 Å². The van der Waals surface area contributed by atoms with Gasteiger partial charge in [0.15, 0.2) is 0 Å². The Labute approximate surface area is 79.5 Å². The summed E-state index contributed by atoms with van der Waals surface area (Å²) >= 11 is 0. The first-order chi connectivity index (χ1) is 6.63. The number of nitrogens with one attached hydrogen (secondary N) is 1. The summed E-state index contributed by atoms with van der Waals surface area (Å²) in [5, 5.41) is 10.8. The molecule has 1 heterocycles. The smallest absolute Gasteiger partial charge is 0.412 e. The molecule has 0 unspecified atom stereocenters. The van der Waals surface area contributed by atoms with Crippen LogP contribution in [0.3, 0.4) is 0 Å². The highest BCUT2D eigenvalue weighted by molar-refractivity contribution is 5.88. The first-order valence-electron chi connectivity index (χ1n) is 3.68. The van der Waals surface area contributed by atoms with Crippen LogP contribution in [0, 0.1) is 0 Å². The molecule has 0 bridgehead atoms. The second-order valence-corrected chi connectivity index (χ2v) is 2.35. The molecule has 14 heavy (non-hydrogen) atoms. The topological polar surface area (TPSA) is 88.5 Å². The average molecular weight is 196 g/mol. The van der Waals surface area contributed by atoms with E-state index in [-0.39, 0.29) is 11.4 Å².